The van der Waals surface area contributed by atoms with Crippen LogP contribution in [0.5, 0.6) is 0 Å². The third kappa shape index (κ3) is 2.71. The lowest BCUT2D eigenvalue weighted by atomic mass is 10.5. The highest BCUT2D eigenvalue weighted by molar-refractivity contribution is 9.11. The number of halogens is 1. The van der Waals surface area contributed by atoms with Gasteiger partial charge in [-0.3, -0.25) is 0 Å². The summed E-state index contributed by atoms with van der Waals surface area (Å²) in [7, 11) is 0. The fourth-order valence-corrected chi connectivity index (χ4v) is 1.77. The van der Waals surface area contributed by atoms with Crippen molar-refractivity contribution < 1.29 is 0 Å². The molecule has 0 aliphatic rings. The molecule has 1 aromatic rings. The Bertz CT molecular complexity index is 188. The van der Waals surface area contributed by atoms with Gasteiger partial charge in [-0.1, -0.05) is 33.8 Å². The smallest absolute Gasteiger partial charge is 0.0970 e. The second-order valence-electron chi connectivity index (χ2n) is 1.83. The van der Waals surface area contributed by atoms with Gasteiger partial charge in [0.25, 0.3) is 0 Å². The molecule has 3 heteroatoms. The number of alkyl halides is 1. The van der Waals surface area contributed by atoms with E-state index in [1.54, 1.807) is 18.0 Å². The zero-order valence-corrected chi connectivity index (χ0v) is 8.02. The van der Waals surface area contributed by atoms with Crippen LogP contribution in [0.25, 0.3) is 0 Å². The minimum absolute atomic E-state index is 0.433. The average Bonchev–Trinajstić information content (AvgIpc) is 1.88. The van der Waals surface area contributed by atoms with Crippen LogP contribution >= 0.6 is 27.7 Å². The van der Waals surface area contributed by atoms with Crippen molar-refractivity contribution in [1.29, 1.82) is 0 Å². The standard InChI is InChI=1S/C7H8BrNS/c1-6(8)10-7-4-2-3-5-9-7/h2-6H,1H3. The number of hydrogen-bond acceptors (Lipinski definition) is 2. The molecule has 0 saturated carbocycles. The predicted molar refractivity (Wildman–Crippen MR) is 48.5 cm³/mol. The summed E-state index contributed by atoms with van der Waals surface area (Å²) in [6.07, 6.45) is 1.80. The van der Waals surface area contributed by atoms with Crippen molar-refractivity contribution in [2.75, 3.05) is 0 Å². The van der Waals surface area contributed by atoms with E-state index < -0.39 is 0 Å². The SMILES string of the molecule is CC(Br)Sc1ccccn1. The molecule has 0 bridgehead atoms. The summed E-state index contributed by atoms with van der Waals surface area (Å²) in [5.74, 6) is 0. The second-order valence-corrected chi connectivity index (χ2v) is 5.17. The van der Waals surface area contributed by atoms with E-state index in [2.05, 4.69) is 27.8 Å². The first kappa shape index (κ1) is 8.08. The molecule has 0 radical (unpaired) electrons. The van der Waals surface area contributed by atoms with Gasteiger partial charge in [-0.2, -0.15) is 0 Å². The lowest BCUT2D eigenvalue weighted by molar-refractivity contribution is 1.13. The molecule has 1 unspecified atom stereocenters. The summed E-state index contributed by atoms with van der Waals surface area (Å²) in [5, 5.41) is 1.06. The van der Waals surface area contributed by atoms with Gasteiger partial charge in [0.15, 0.2) is 0 Å². The maximum Gasteiger partial charge on any atom is 0.0970 e. The zero-order chi connectivity index (χ0) is 7.40. The topological polar surface area (TPSA) is 12.9 Å². The van der Waals surface area contributed by atoms with E-state index in [4.69, 9.17) is 0 Å². The van der Waals surface area contributed by atoms with Gasteiger partial charge >= 0.3 is 0 Å². The number of nitrogens with zero attached hydrogens (tertiary/aromatic N) is 1. The quantitative estimate of drug-likeness (QED) is 0.559. The maximum atomic E-state index is 4.15. The second kappa shape index (κ2) is 3.98. The molecule has 0 saturated heterocycles. The van der Waals surface area contributed by atoms with Crippen LogP contribution in [0.2, 0.25) is 0 Å². The van der Waals surface area contributed by atoms with Gasteiger partial charge in [0.05, 0.1) is 9.19 Å². The number of thioether (sulfide) groups is 1. The molecule has 54 valence electrons. The molecule has 0 aliphatic heterocycles. The normalized spacial score (nSPS) is 13.0. The van der Waals surface area contributed by atoms with Gasteiger partial charge in [0, 0.05) is 6.20 Å². The molecule has 0 aromatic carbocycles. The van der Waals surface area contributed by atoms with E-state index in [-0.39, 0.29) is 0 Å². The van der Waals surface area contributed by atoms with Gasteiger partial charge < -0.3 is 0 Å². The molecule has 0 aliphatic carbocycles. The van der Waals surface area contributed by atoms with Gasteiger partial charge in [-0.05, 0) is 19.1 Å². The summed E-state index contributed by atoms with van der Waals surface area (Å²) in [6, 6.07) is 5.91. The van der Waals surface area contributed by atoms with Gasteiger partial charge in [-0.15, -0.1) is 0 Å². The van der Waals surface area contributed by atoms with Crippen LogP contribution in [-0.2, 0) is 0 Å². The van der Waals surface area contributed by atoms with E-state index in [1.807, 2.05) is 18.2 Å². The van der Waals surface area contributed by atoms with Crippen LogP contribution < -0.4 is 0 Å². The Morgan fingerprint density at radius 2 is 2.40 bits per heavy atom. The van der Waals surface area contributed by atoms with E-state index in [9.17, 15) is 0 Å². The highest BCUT2D eigenvalue weighted by atomic mass is 79.9. The molecule has 0 fully saturated rings. The van der Waals surface area contributed by atoms with Crippen LogP contribution in [0.15, 0.2) is 29.4 Å². The molecular formula is C7H8BrNS. The van der Waals surface area contributed by atoms with Crippen molar-refractivity contribution in [2.45, 2.75) is 16.1 Å². The summed E-state index contributed by atoms with van der Waals surface area (Å²) in [6.45, 7) is 2.08. The first-order valence-corrected chi connectivity index (χ1v) is 4.80. The average molecular weight is 218 g/mol. The van der Waals surface area contributed by atoms with Crippen molar-refractivity contribution in [3.05, 3.63) is 24.4 Å². The first-order valence-electron chi connectivity index (χ1n) is 3.01. The summed E-state index contributed by atoms with van der Waals surface area (Å²) in [4.78, 5) is 4.15. The lowest BCUT2D eigenvalue weighted by Gasteiger charge is -1.99. The third-order valence-corrected chi connectivity index (χ3v) is 2.29. The fraction of sp³-hybridized carbons (Fsp3) is 0.286. The fourth-order valence-electron chi connectivity index (χ4n) is 0.583. The van der Waals surface area contributed by atoms with Gasteiger partial charge in [-0.25, -0.2) is 4.98 Å². The summed E-state index contributed by atoms with van der Waals surface area (Å²) < 4.78 is 0.433. The van der Waals surface area contributed by atoms with Crippen LogP contribution in [0.4, 0.5) is 0 Å². The van der Waals surface area contributed by atoms with Gasteiger partial charge in [0.2, 0.25) is 0 Å². The Hall–Kier alpha value is -0.0200. The highest BCUT2D eigenvalue weighted by Crippen LogP contribution is 2.23. The minimum Gasteiger partial charge on any atom is -0.250 e. The van der Waals surface area contributed by atoms with Crippen molar-refractivity contribution in [2.24, 2.45) is 0 Å². The first-order chi connectivity index (χ1) is 4.79. The Balaban J connectivity index is 2.59. The lowest BCUT2D eigenvalue weighted by Crippen LogP contribution is -1.82. The summed E-state index contributed by atoms with van der Waals surface area (Å²) >= 11 is 5.14. The molecule has 1 rings (SSSR count). The van der Waals surface area contributed by atoms with Gasteiger partial charge in [0.1, 0.15) is 0 Å². The van der Waals surface area contributed by atoms with Crippen molar-refractivity contribution in [3.63, 3.8) is 0 Å². The molecule has 0 spiro atoms. The molecule has 1 nitrogen and oxygen atoms in total. The van der Waals surface area contributed by atoms with Crippen molar-refractivity contribution >= 4 is 27.7 Å². The van der Waals surface area contributed by atoms with Crippen molar-refractivity contribution in [1.82, 2.24) is 4.98 Å². The minimum atomic E-state index is 0.433. The van der Waals surface area contributed by atoms with E-state index in [0.29, 0.717) is 4.16 Å². The molecule has 0 amide bonds. The van der Waals surface area contributed by atoms with Crippen LogP contribution in [0, 0.1) is 0 Å². The molecule has 10 heavy (non-hydrogen) atoms. The number of pyridine rings is 1. The zero-order valence-electron chi connectivity index (χ0n) is 5.62. The van der Waals surface area contributed by atoms with E-state index in [1.165, 1.54) is 0 Å². The highest BCUT2D eigenvalue weighted by Gasteiger charge is 1.97. The Morgan fingerprint density at radius 1 is 1.60 bits per heavy atom. The molecule has 1 heterocycles. The third-order valence-electron chi connectivity index (χ3n) is 0.921. The summed E-state index contributed by atoms with van der Waals surface area (Å²) in [5.41, 5.74) is 0. The van der Waals surface area contributed by atoms with Crippen LogP contribution in [-0.4, -0.2) is 9.14 Å². The van der Waals surface area contributed by atoms with Crippen LogP contribution in [0.1, 0.15) is 6.92 Å². The number of hydrogen-bond donors (Lipinski definition) is 0. The molecule has 1 atom stereocenters. The largest absolute Gasteiger partial charge is 0.250 e. The Labute approximate surface area is 73.4 Å². The Kier molecular flexibility index (Phi) is 3.22. The van der Waals surface area contributed by atoms with Crippen molar-refractivity contribution in [3.8, 4) is 0 Å². The maximum absolute atomic E-state index is 4.15. The number of aromatic nitrogens is 1. The molecular weight excluding hydrogens is 210 g/mol. The molecule has 1 aromatic heterocycles. The monoisotopic (exact) mass is 217 g/mol. The predicted octanol–water partition coefficient (Wildman–Crippen LogP) is 2.91. The Morgan fingerprint density at radius 3 is 2.90 bits per heavy atom. The van der Waals surface area contributed by atoms with Crippen LogP contribution in [0.3, 0.4) is 0 Å². The van der Waals surface area contributed by atoms with E-state index in [0.717, 1.165) is 5.03 Å². The molecule has 0 N–H and O–H groups in total. The van der Waals surface area contributed by atoms with E-state index >= 15 is 0 Å². The number of rotatable bonds is 2.